The van der Waals surface area contributed by atoms with Gasteiger partial charge in [0.05, 0.1) is 6.20 Å². The summed E-state index contributed by atoms with van der Waals surface area (Å²) in [5.41, 5.74) is 1.89. The third kappa shape index (κ3) is 4.65. The molecule has 0 unspecified atom stereocenters. The van der Waals surface area contributed by atoms with Gasteiger partial charge in [-0.05, 0) is 41.1 Å². The van der Waals surface area contributed by atoms with Crippen LogP contribution in [0.4, 0.5) is 8.78 Å². The molecule has 2 N–H and O–H groups in total. The van der Waals surface area contributed by atoms with E-state index in [4.69, 9.17) is 0 Å². The number of carbonyl (C=O) groups is 2. The molecule has 10 heteroatoms. The number of benzene rings is 1. The number of halogens is 2. The summed E-state index contributed by atoms with van der Waals surface area (Å²) in [6.45, 7) is 2.39. The van der Waals surface area contributed by atoms with Crippen LogP contribution < -0.4 is 10.6 Å². The molecule has 2 amide bonds. The van der Waals surface area contributed by atoms with Gasteiger partial charge in [0, 0.05) is 30.1 Å². The zero-order chi connectivity index (χ0) is 22.7. The average molecular weight is 455 g/mol. The maximum atomic E-state index is 13.4. The highest BCUT2D eigenvalue weighted by molar-refractivity contribution is 7.10. The van der Waals surface area contributed by atoms with Crippen LogP contribution in [-0.2, 0) is 19.5 Å². The third-order valence-electron chi connectivity index (χ3n) is 4.77. The Morgan fingerprint density at radius 3 is 2.53 bits per heavy atom. The fourth-order valence-electron chi connectivity index (χ4n) is 3.09. The van der Waals surface area contributed by atoms with Crippen molar-refractivity contribution in [3.8, 4) is 0 Å². The number of hydrogen-bond acceptors (Lipinski definition) is 5. The Balaban J connectivity index is 1.50. The Hall–Kier alpha value is -3.66. The Morgan fingerprint density at radius 1 is 1.00 bits per heavy atom. The van der Waals surface area contributed by atoms with Gasteiger partial charge >= 0.3 is 0 Å². The molecule has 164 valence electrons. The molecule has 0 atom stereocenters. The minimum Gasteiger partial charge on any atom is -0.347 e. The first-order valence-electron chi connectivity index (χ1n) is 9.86. The highest BCUT2D eigenvalue weighted by Gasteiger charge is 2.18. The summed E-state index contributed by atoms with van der Waals surface area (Å²) in [7, 11) is 0. The Bertz CT molecular complexity index is 1300. The minimum absolute atomic E-state index is 0.00883. The number of rotatable bonds is 7. The SMILES string of the molecule is CCc1cc(CNC(=O)c2cc(C(=O)NCc3ccc(F)c(F)c3)nc3ccnn23)cs1. The van der Waals surface area contributed by atoms with Crippen molar-refractivity contribution < 1.29 is 18.4 Å². The van der Waals surface area contributed by atoms with Gasteiger partial charge in [0.15, 0.2) is 17.3 Å². The number of aryl methyl sites for hydroxylation is 1. The van der Waals surface area contributed by atoms with Crippen LogP contribution in [0.2, 0.25) is 0 Å². The maximum absolute atomic E-state index is 13.4. The minimum atomic E-state index is -0.994. The lowest BCUT2D eigenvalue weighted by molar-refractivity contribution is 0.0942. The second kappa shape index (κ2) is 9.23. The van der Waals surface area contributed by atoms with Gasteiger partial charge in [-0.15, -0.1) is 11.3 Å². The molecule has 32 heavy (non-hydrogen) atoms. The molecular formula is C22H19F2N5O2S. The summed E-state index contributed by atoms with van der Waals surface area (Å²) in [6, 6.07) is 8.34. The fraction of sp³-hybridized carbons (Fsp3) is 0.182. The van der Waals surface area contributed by atoms with Gasteiger partial charge in [-0.25, -0.2) is 18.3 Å². The van der Waals surface area contributed by atoms with Crippen LogP contribution in [0, 0.1) is 11.6 Å². The fourth-order valence-corrected chi connectivity index (χ4v) is 3.93. The van der Waals surface area contributed by atoms with Crippen molar-refractivity contribution in [2.24, 2.45) is 0 Å². The lowest BCUT2D eigenvalue weighted by atomic mass is 10.2. The summed E-state index contributed by atoms with van der Waals surface area (Å²) in [5.74, 6) is -2.92. The number of nitrogens with one attached hydrogen (secondary N) is 2. The molecule has 0 aliphatic heterocycles. The topological polar surface area (TPSA) is 88.4 Å². The Morgan fingerprint density at radius 2 is 1.78 bits per heavy atom. The van der Waals surface area contributed by atoms with E-state index in [0.717, 1.165) is 24.1 Å². The molecule has 4 aromatic rings. The standard InChI is InChI=1S/C22H19F2N5O2S/c1-2-15-7-14(12-32-15)11-26-22(31)19-9-18(28-20-5-6-27-29(19)20)21(30)25-10-13-3-4-16(23)17(24)8-13/h3-9,12H,2,10-11H2,1H3,(H,25,30)(H,26,31). The molecule has 4 rings (SSSR count). The molecule has 3 aromatic heterocycles. The van der Waals surface area contributed by atoms with Gasteiger partial charge in [-0.2, -0.15) is 5.10 Å². The van der Waals surface area contributed by atoms with E-state index >= 15 is 0 Å². The lowest BCUT2D eigenvalue weighted by Gasteiger charge is -2.09. The molecule has 0 spiro atoms. The normalized spacial score (nSPS) is 11.0. The summed E-state index contributed by atoms with van der Waals surface area (Å²) in [5, 5.41) is 11.5. The van der Waals surface area contributed by atoms with Crippen molar-refractivity contribution in [3.63, 3.8) is 0 Å². The highest BCUT2D eigenvalue weighted by Crippen LogP contribution is 2.15. The molecule has 0 radical (unpaired) electrons. The van der Waals surface area contributed by atoms with Crippen LogP contribution in [-0.4, -0.2) is 26.4 Å². The van der Waals surface area contributed by atoms with Crippen LogP contribution in [0.5, 0.6) is 0 Å². The van der Waals surface area contributed by atoms with Crippen molar-refractivity contribution in [1.82, 2.24) is 25.2 Å². The smallest absolute Gasteiger partial charge is 0.270 e. The summed E-state index contributed by atoms with van der Waals surface area (Å²) < 4.78 is 27.8. The zero-order valence-corrected chi connectivity index (χ0v) is 17.9. The van der Waals surface area contributed by atoms with Crippen molar-refractivity contribution in [2.45, 2.75) is 26.4 Å². The number of carbonyl (C=O) groups excluding carboxylic acids is 2. The van der Waals surface area contributed by atoms with Gasteiger partial charge in [0.2, 0.25) is 0 Å². The van der Waals surface area contributed by atoms with Gasteiger partial charge in [0.25, 0.3) is 11.8 Å². The van der Waals surface area contributed by atoms with E-state index in [1.54, 1.807) is 17.4 Å². The van der Waals surface area contributed by atoms with Gasteiger partial charge in [0.1, 0.15) is 11.4 Å². The van der Waals surface area contributed by atoms with Crippen LogP contribution in [0.3, 0.4) is 0 Å². The molecule has 3 heterocycles. The van der Waals surface area contributed by atoms with E-state index in [9.17, 15) is 18.4 Å². The number of nitrogens with zero attached hydrogens (tertiary/aromatic N) is 3. The Kier molecular flexibility index (Phi) is 6.22. The largest absolute Gasteiger partial charge is 0.347 e. The molecule has 0 saturated heterocycles. The number of amides is 2. The monoisotopic (exact) mass is 455 g/mol. The number of aromatic nitrogens is 3. The van der Waals surface area contributed by atoms with Crippen LogP contribution in [0.15, 0.2) is 48.0 Å². The summed E-state index contributed by atoms with van der Waals surface area (Å²) in [4.78, 5) is 30.9. The highest BCUT2D eigenvalue weighted by atomic mass is 32.1. The van der Waals surface area contributed by atoms with Crippen LogP contribution in [0.25, 0.3) is 5.65 Å². The van der Waals surface area contributed by atoms with E-state index in [1.165, 1.54) is 27.7 Å². The van der Waals surface area contributed by atoms with E-state index in [-0.39, 0.29) is 17.9 Å². The molecule has 0 fully saturated rings. The number of fused-ring (bicyclic) bond motifs is 1. The second-order valence-electron chi connectivity index (χ2n) is 7.02. The van der Waals surface area contributed by atoms with Crippen molar-refractivity contribution in [2.75, 3.05) is 0 Å². The Labute approximate surface area is 186 Å². The van der Waals surface area contributed by atoms with E-state index in [0.29, 0.717) is 17.8 Å². The zero-order valence-electron chi connectivity index (χ0n) is 17.1. The third-order valence-corrected chi connectivity index (χ3v) is 5.90. The molecule has 0 aliphatic carbocycles. The summed E-state index contributed by atoms with van der Waals surface area (Å²) in [6.07, 6.45) is 2.41. The van der Waals surface area contributed by atoms with Gasteiger partial charge in [-0.3, -0.25) is 9.59 Å². The van der Waals surface area contributed by atoms with Crippen LogP contribution in [0.1, 0.15) is 43.9 Å². The molecule has 0 bridgehead atoms. The molecular weight excluding hydrogens is 436 g/mol. The average Bonchev–Trinajstić information content (AvgIpc) is 3.46. The van der Waals surface area contributed by atoms with E-state index in [1.807, 2.05) is 11.4 Å². The first-order valence-corrected chi connectivity index (χ1v) is 10.7. The predicted octanol–water partition coefficient (Wildman–Crippen LogP) is 3.49. The first kappa shape index (κ1) is 21.6. The van der Waals surface area contributed by atoms with Crippen molar-refractivity contribution in [3.05, 3.63) is 87.0 Å². The maximum Gasteiger partial charge on any atom is 0.270 e. The molecule has 1 aromatic carbocycles. The first-order chi connectivity index (χ1) is 15.4. The van der Waals surface area contributed by atoms with Gasteiger partial charge < -0.3 is 10.6 Å². The number of thiophene rings is 1. The molecule has 0 saturated carbocycles. The number of hydrogen-bond donors (Lipinski definition) is 2. The van der Waals surface area contributed by atoms with Crippen molar-refractivity contribution >= 4 is 28.8 Å². The van der Waals surface area contributed by atoms with E-state index < -0.39 is 23.4 Å². The summed E-state index contributed by atoms with van der Waals surface area (Å²) >= 11 is 1.64. The molecule has 7 nitrogen and oxygen atoms in total. The quantitative estimate of drug-likeness (QED) is 0.447. The van der Waals surface area contributed by atoms with E-state index in [2.05, 4.69) is 27.6 Å². The van der Waals surface area contributed by atoms with Crippen molar-refractivity contribution in [1.29, 1.82) is 0 Å². The van der Waals surface area contributed by atoms with Crippen LogP contribution >= 0.6 is 11.3 Å². The lowest BCUT2D eigenvalue weighted by Crippen LogP contribution is -2.28. The van der Waals surface area contributed by atoms with Gasteiger partial charge in [-0.1, -0.05) is 13.0 Å². The second-order valence-corrected chi connectivity index (χ2v) is 8.01. The molecule has 0 aliphatic rings. The predicted molar refractivity (Wildman–Crippen MR) is 115 cm³/mol.